The highest BCUT2D eigenvalue weighted by molar-refractivity contribution is 6.32. The number of phenols is 1. The standard InChI is InChI=1S/C9H10ClNO3/c1-14-9(13)7(11)5-3-2-4-6(10)8(5)12/h2-4,7,12H,11H2,1H3/t7-/m1/s1. The Bertz CT molecular complexity index is 354. The first-order valence-corrected chi connectivity index (χ1v) is 4.26. The monoisotopic (exact) mass is 215 g/mol. The largest absolute Gasteiger partial charge is 0.506 e. The summed E-state index contributed by atoms with van der Waals surface area (Å²) in [5.41, 5.74) is 5.78. The van der Waals surface area contributed by atoms with Crippen molar-refractivity contribution in [2.75, 3.05) is 7.11 Å². The van der Waals surface area contributed by atoms with E-state index in [2.05, 4.69) is 4.74 Å². The van der Waals surface area contributed by atoms with E-state index in [0.717, 1.165) is 0 Å². The SMILES string of the molecule is COC(=O)[C@H](N)c1cccc(Cl)c1O. The number of para-hydroxylation sites is 1. The van der Waals surface area contributed by atoms with Crippen LogP contribution in [0.1, 0.15) is 11.6 Å². The fraction of sp³-hybridized carbons (Fsp3) is 0.222. The normalized spacial score (nSPS) is 12.2. The third-order valence-corrected chi connectivity index (χ3v) is 2.11. The first-order chi connectivity index (χ1) is 6.57. The van der Waals surface area contributed by atoms with Crippen LogP contribution in [0.2, 0.25) is 5.02 Å². The Labute approximate surface area is 86.2 Å². The van der Waals surface area contributed by atoms with Gasteiger partial charge < -0.3 is 15.6 Å². The molecular formula is C9H10ClNO3. The van der Waals surface area contributed by atoms with Gasteiger partial charge in [0.1, 0.15) is 11.8 Å². The van der Waals surface area contributed by atoms with E-state index in [9.17, 15) is 9.90 Å². The molecule has 0 saturated carbocycles. The van der Waals surface area contributed by atoms with Gasteiger partial charge in [0, 0.05) is 5.56 Å². The molecule has 0 aromatic heterocycles. The quantitative estimate of drug-likeness (QED) is 0.728. The minimum absolute atomic E-state index is 0.154. The minimum Gasteiger partial charge on any atom is -0.506 e. The Kier molecular flexibility index (Phi) is 3.33. The summed E-state index contributed by atoms with van der Waals surface area (Å²) in [6, 6.07) is 3.60. The third kappa shape index (κ3) is 1.97. The van der Waals surface area contributed by atoms with Crippen LogP contribution < -0.4 is 5.73 Å². The number of ether oxygens (including phenoxy) is 1. The van der Waals surface area contributed by atoms with E-state index in [1.165, 1.54) is 19.2 Å². The lowest BCUT2D eigenvalue weighted by atomic mass is 10.1. The van der Waals surface area contributed by atoms with Crippen LogP contribution in [-0.2, 0) is 9.53 Å². The molecular weight excluding hydrogens is 206 g/mol. The number of nitrogens with two attached hydrogens (primary N) is 1. The first-order valence-electron chi connectivity index (χ1n) is 3.88. The average molecular weight is 216 g/mol. The maximum Gasteiger partial charge on any atom is 0.327 e. The van der Waals surface area contributed by atoms with Crippen molar-refractivity contribution in [2.45, 2.75) is 6.04 Å². The molecule has 1 aromatic rings. The third-order valence-electron chi connectivity index (χ3n) is 1.81. The van der Waals surface area contributed by atoms with Crippen molar-refractivity contribution >= 4 is 17.6 Å². The zero-order valence-electron chi connectivity index (χ0n) is 7.53. The molecule has 0 bridgehead atoms. The Morgan fingerprint density at radius 3 is 2.86 bits per heavy atom. The van der Waals surface area contributed by atoms with Crippen LogP contribution in [0.25, 0.3) is 0 Å². The molecule has 14 heavy (non-hydrogen) atoms. The topological polar surface area (TPSA) is 72.5 Å². The maximum atomic E-state index is 11.1. The number of benzene rings is 1. The number of aromatic hydroxyl groups is 1. The smallest absolute Gasteiger partial charge is 0.327 e. The van der Waals surface area contributed by atoms with Crippen LogP contribution in [0.15, 0.2) is 18.2 Å². The predicted molar refractivity (Wildman–Crippen MR) is 52.1 cm³/mol. The summed E-state index contributed by atoms with van der Waals surface area (Å²) in [6.07, 6.45) is 0. The van der Waals surface area contributed by atoms with E-state index in [0.29, 0.717) is 0 Å². The molecule has 0 spiro atoms. The number of carbonyl (C=O) groups is 1. The number of methoxy groups -OCH3 is 1. The maximum absolute atomic E-state index is 11.1. The molecule has 0 unspecified atom stereocenters. The fourth-order valence-electron chi connectivity index (χ4n) is 1.04. The van der Waals surface area contributed by atoms with Crippen LogP contribution in [0, 0.1) is 0 Å². The Hall–Kier alpha value is -1.26. The number of hydrogen-bond acceptors (Lipinski definition) is 4. The summed E-state index contributed by atoms with van der Waals surface area (Å²) in [7, 11) is 1.23. The van der Waals surface area contributed by atoms with Crippen LogP contribution in [-0.4, -0.2) is 18.2 Å². The van der Waals surface area contributed by atoms with Gasteiger partial charge in [-0.2, -0.15) is 0 Å². The van der Waals surface area contributed by atoms with Gasteiger partial charge in [0.15, 0.2) is 0 Å². The molecule has 0 saturated heterocycles. The van der Waals surface area contributed by atoms with Gasteiger partial charge in [-0.3, -0.25) is 4.79 Å². The molecule has 3 N–H and O–H groups in total. The number of phenolic OH excluding ortho intramolecular Hbond substituents is 1. The average Bonchev–Trinajstić information content (AvgIpc) is 2.20. The molecule has 5 heteroatoms. The lowest BCUT2D eigenvalue weighted by Gasteiger charge is -2.11. The second-order valence-corrected chi connectivity index (χ2v) is 3.09. The highest BCUT2D eigenvalue weighted by Gasteiger charge is 2.20. The molecule has 76 valence electrons. The summed E-state index contributed by atoms with van der Waals surface area (Å²) < 4.78 is 4.44. The van der Waals surface area contributed by atoms with Gasteiger partial charge in [-0.1, -0.05) is 23.7 Å². The fourth-order valence-corrected chi connectivity index (χ4v) is 1.22. The highest BCUT2D eigenvalue weighted by Crippen LogP contribution is 2.30. The van der Waals surface area contributed by atoms with Gasteiger partial charge in [0.25, 0.3) is 0 Å². The van der Waals surface area contributed by atoms with Gasteiger partial charge in [-0.15, -0.1) is 0 Å². The number of hydrogen-bond donors (Lipinski definition) is 2. The van der Waals surface area contributed by atoms with Gasteiger partial charge in [0.05, 0.1) is 12.1 Å². The molecule has 1 aromatic carbocycles. The molecule has 1 atom stereocenters. The van der Waals surface area contributed by atoms with E-state index < -0.39 is 12.0 Å². The lowest BCUT2D eigenvalue weighted by molar-refractivity contribution is -0.142. The van der Waals surface area contributed by atoms with Crippen LogP contribution in [0.3, 0.4) is 0 Å². The van der Waals surface area contributed by atoms with Crippen molar-refractivity contribution in [2.24, 2.45) is 5.73 Å². The highest BCUT2D eigenvalue weighted by atomic mass is 35.5. The van der Waals surface area contributed by atoms with Crippen LogP contribution >= 0.6 is 11.6 Å². The summed E-state index contributed by atoms with van der Waals surface area (Å²) in [4.78, 5) is 11.1. The van der Waals surface area contributed by atoms with E-state index in [-0.39, 0.29) is 16.3 Å². The number of esters is 1. The van der Waals surface area contributed by atoms with Crippen molar-refractivity contribution in [3.05, 3.63) is 28.8 Å². The molecule has 0 fully saturated rings. The van der Waals surface area contributed by atoms with Crippen LogP contribution in [0.4, 0.5) is 0 Å². The van der Waals surface area contributed by atoms with Gasteiger partial charge in [-0.05, 0) is 6.07 Å². The van der Waals surface area contributed by atoms with Crippen molar-refractivity contribution < 1.29 is 14.6 Å². The zero-order valence-corrected chi connectivity index (χ0v) is 8.28. The second kappa shape index (κ2) is 4.30. The molecule has 4 nitrogen and oxygen atoms in total. The van der Waals surface area contributed by atoms with Gasteiger partial charge in [-0.25, -0.2) is 0 Å². The number of rotatable bonds is 2. The van der Waals surface area contributed by atoms with E-state index in [1.807, 2.05) is 0 Å². The Balaban J connectivity index is 3.07. The van der Waals surface area contributed by atoms with Crippen molar-refractivity contribution in [3.8, 4) is 5.75 Å². The summed E-state index contributed by atoms with van der Waals surface area (Å²) in [5.74, 6) is -0.811. The first kappa shape index (κ1) is 10.8. The van der Waals surface area contributed by atoms with Crippen molar-refractivity contribution in [1.82, 2.24) is 0 Å². The van der Waals surface area contributed by atoms with Gasteiger partial charge in [0.2, 0.25) is 0 Å². The second-order valence-electron chi connectivity index (χ2n) is 2.68. The van der Waals surface area contributed by atoms with Crippen molar-refractivity contribution in [3.63, 3.8) is 0 Å². The lowest BCUT2D eigenvalue weighted by Crippen LogP contribution is -2.22. The zero-order chi connectivity index (χ0) is 10.7. The molecule has 0 heterocycles. The van der Waals surface area contributed by atoms with Crippen LogP contribution in [0.5, 0.6) is 5.75 Å². The molecule has 0 radical (unpaired) electrons. The minimum atomic E-state index is -1.02. The van der Waals surface area contributed by atoms with Gasteiger partial charge >= 0.3 is 5.97 Å². The molecule has 0 aliphatic carbocycles. The summed E-state index contributed by atoms with van der Waals surface area (Å²) in [5, 5.41) is 9.65. The van der Waals surface area contributed by atoms with E-state index >= 15 is 0 Å². The predicted octanol–water partition coefficient (Wildman–Crippen LogP) is 1.22. The molecule has 0 amide bonds. The van der Waals surface area contributed by atoms with Crippen molar-refractivity contribution in [1.29, 1.82) is 0 Å². The molecule has 1 rings (SSSR count). The number of halogens is 1. The number of carbonyl (C=O) groups excluding carboxylic acids is 1. The van der Waals surface area contributed by atoms with E-state index in [1.54, 1.807) is 6.07 Å². The summed E-state index contributed by atoms with van der Waals surface area (Å²) >= 11 is 5.65. The summed E-state index contributed by atoms with van der Waals surface area (Å²) in [6.45, 7) is 0. The molecule has 0 aliphatic rings. The Morgan fingerprint density at radius 1 is 1.64 bits per heavy atom. The van der Waals surface area contributed by atoms with E-state index in [4.69, 9.17) is 17.3 Å². The Morgan fingerprint density at radius 2 is 2.29 bits per heavy atom. The molecule has 0 aliphatic heterocycles.